The van der Waals surface area contributed by atoms with Crippen LogP contribution in [0.4, 0.5) is 5.69 Å². The first-order valence-corrected chi connectivity index (χ1v) is 6.41. The van der Waals surface area contributed by atoms with Gasteiger partial charge >= 0.3 is 0 Å². The van der Waals surface area contributed by atoms with Crippen molar-refractivity contribution < 1.29 is 4.21 Å². The molecule has 0 aromatic heterocycles. The summed E-state index contributed by atoms with van der Waals surface area (Å²) in [6, 6.07) is 7.71. The summed E-state index contributed by atoms with van der Waals surface area (Å²) in [7, 11) is -0.765. The van der Waals surface area contributed by atoms with Crippen molar-refractivity contribution in [3.8, 4) is 6.07 Å². The number of aryl methyl sites for hydroxylation is 1. The van der Waals surface area contributed by atoms with E-state index in [0.717, 1.165) is 11.3 Å². The van der Waals surface area contributed by atoms with E-state index in [-0.39, 0.29) is 0 Å². The maximum Gasteiger partial charge on any atom is 0.0994 e. The van der Waals surface area contributed by atoms with Crippen LogP contribution in [-0.4, -0.2) is 22.8 Å². The monoisotopic (exact) mass is 222 g/mol. The highest BCUT2D eigenvalue weighted by molar-refractivity contribution is 7.84. The van der Waals surface area contributed by atoms with Gasteiger partial charge in [0.05, 0.1) is 11.6 Å². The molecule has 0 aliphatic carbocycles. The summed E-state index contributed by atoms with van der Waals surface area (Å²) in [6.45, 7) is 2.59. The van der Waals surface area contributed by atoms with Gasteiger partial charge in [0.25, 0.3) is 0 Å². The second-order valence-corrected chi connectivity index (χ2v) is 4.90. The van der Waals surface area contributed by atoms with Gasteiger partial charge in [-0.2, -0.15) is 5.26 Å². The molecule has 1 aromatic carbocycles. The summed E-state index contributed by atoms with van der Waals surface area (Å²) in [5, 5.41) is 11.9. The van der Waals surface area contributed by atoms with Crippen molar-refractivity contribution in [2.75, 3.05) is 23.9 Å². The first-order valence-electron chi connectivity index (χ1n) is 4.68. The Morgan fingerprint density at radius 3 is 2.80 bits per heavy atom. The molecule has 1 aromatic rings. The van der Waals surface area contributed by atoms with E-state index in [2.05, 4.69) is 11.4 Å². The molecule has 1 unspecified atom stereocenters. The van der Waals surface area contributed by atoms with Crippen LogP contribution in [-0.2, 0) is 10.8 Å². The van der Waals surface area contributed by atoms with Gasteiger partial charge in [-0.15, -0.1) is 0 Å². The lowest BCUT2D eigenvalue weighted by molar-refractivity contribution is 0.687. The molecule has 1 rings (SSSR count). The van der Waals surface area contributed by atoms with Crippen molar-refractivity contribution >= 4 is 16.5 Å². The Hall–Kier alpha value is -1.34. The number of nitrogens with one attached hydrogen (secondary N) is 1. The summed E-state index contributed by atoms with van der Waals surface area (Å²) in [5.41, 5.74) is 2.62. The van der Waals surface area contributed by atoms with Crippen LogP contribution in [0.3, 0.4) is 0 Å². The van der Waals surface area contributed by atoms with Crippen molar-refractivity contribution in [1.29, 1.82) is 5.26 Å². The molecule has 0 aliphatic rings. The Kier molecular flexibility index (Phi) is 4.32. The molecule has 1 atom stereocenters. The summed E-state index contributed by atoms with van der Waals surface area (Å²) >= 11 is 0. The molecular weight excluding hydrogens is 208 g/mol. The minimum Gasteiger partial charge on any atom is -0.384 e. The smallest absolute Gasteiger partial charge is 0.0994 e. The van der Waals surface area contributed by atoms with Crippen LogP contribution in [0.15, 0.2) is 18.2 Å². The Balaban J connectivity index is 2.60. The predicted octanol–water partition coefficient (Wildman–Crippen LogP) is 1.66. The normalized spacial score (nSPS) is 11.8. The third-order valence-corrected chi connectivity index (χ3v) is 2.84. The Morgan fingerprint density at radius 2 is 2.27 bits per heavy atom. The summed E-state index contributed by atoms with van der Waals surface area (Å²) in [6.07, 6.45) is 1.69. The Bertz CT molecular complexity index is 410. The zero-order valence-electron chi connectivity index (χ0n) is 8.91. The fourth-order valence-corrected chi connectivity index (χ4v) is 1.63. The Labute approximate surface area is 92.6 Å². The van der Waals surface area contributed by atoms with Crippen molar-refractivity contribution in [2.24, 2.45) is 0 Å². The average molecular weight is 222 g/mol. The molecule has 0 fully saturated rings. The van der Waals surface area contributed by atoms with Crippen LogP contribution in [0.2, 0.25) is 0 Å². The predicted molar refractivity (Wildman–Crippen MR) is 63.3 cm³/mol. The zero-order valence-corrected chi connectivity index (χ0v) is 9.73. The van der Waals surface area contributed by atoms with Gasteiger partial charge in [-0.25, -0.2) is 0 Å². The third kappa shape index (κ3) is 3.72. The highest BCUT2D eigenvalue weighted by Gasteiger charge is 1.98. The third-order valence-electron chi connectivity index (χ3n) is 2.07. The SMILES string of the molecule is Cc1cc(NCCS(C)=O)ccc1C#N. The largest absolute Gasteiger partial charge is 0.384 e. The quantitative estimate of drug-likeness (QED) is 0.843. The van der Waals surface area contributed by atoms with E-state index in [1.807, 2.05) is 19.1 Å². The van der Waals surface area contributed by atoms with E-state index in [9.17, 15) is 4.21 Å². The number of benzene rings is 1. The maximum absolute atomic E-state index is 10.8. The lowest BCUT2D eigenvalue weighted by atomic mass is 10.1. The zero-order chi connectivity index (χ0) is 11.3. The highest BCUT2D eigenvalue weighted by Crippen LogP contribution is 2.13. The van der Waals surface area contributed by atoms with E-state index >= 15 is 0 Å². The molecule has 4 heteroatoms. The molecule has 0 spiro atoms. The summed E-state index contributed by atoms with van der Waals surface area (Å²) < 4.78 is 10.8. The van der Waals surface area contributed by atoms with Gasteiger partial charge < -0.3 is 5.32 Å². The van der Waals surface area contributed by atoms with Gasteiger partial charge in [0.1, 0.15) is 0 Å². The van der Waals surface area contributed by atoms with E-state index in [0.29, 0.717) is 17.9 Å². The Morgan fingerprint density at radius 1 is 1.53 bits per heavy atom. The van der Waals surface area contributed by atoms with Crippen LogP contribution in [0, 0.1) is 18.3 Å². The van der Waals surface area contributed by atoms with Gasteiger partial charge in [-0.05, 0) is 30.7 Å². The molecule has 0 aliphatic heterocycles. The minimum absolute atomic E-state index is 0.638. The topological polar surface area (TPSA) is 52.9 Å². The van der Waals surface area contributed by atoms with E-state index in [4.69, 9.17) is 5.26 Å². The van der Waals surface area contributed by atoms with Crippen molar-refractivity contribution in [2.45, 2.75) is 6.92 Å². The standard InChI is InChI=1S/C11H14N2OS/c1-9-7-11(4-3-10(9)8-12)13-5-6-15(2)14/h3-4,7,13H,5-6H2,1-2H3. The molecule has 3 nitrogen and oxygen atoms in total. The molecule has 0 heterocycles. The second-order valence-electron chi connectivity index (χ2n) is 3.35. The maximum atomic E-state index is 10.8. The highest BCUT2D eigenvalue weighted by atomic mass is 32.2. The van der Waals surface area contributed by atoms with Crippen LogP contribution in [0.25, 0.3) is 0 Å². The molecule has 0 saturated heterocycles. The number of hydrogen-bond donors (Lipinski definition) is 1. The molecule has 80 valence electrons. The lowest BCUT2D eigenvalue weighted by Crippen LogP contribution is -2.09. The number of nitrogens with zero attached hydrogens (tertiary/aromatic N) is 1. The first-order chi connectivity index (χ1) is 7.13. The van der Waals surface area contributed by atoms with E-state index < -0.39 is 10.8 Å². The lowest BCUT2D eigenvalue weighted by Gasteiger charge is -2.06. The fraction of sp³-hybridized carbons (Fsp3) is 0.364. The van der Waals surface area contributed by atoms with E-state index in [1.165, 1.54) is 0 Å². The van der Waals surface area contributed by atoms with Gasteiger partial charge in [0.15, 0.2) is 0 Å². The summed E-state index contributed by atoms with van der Waals surface area (Å²) in [4.78, 5) is 0. The molecule has 0 radical (unpaired) electrons. The van der Waals surface area contributed by atoms with Crippen molar-refractivity contribution in [3.63, 3.8) is 0 Å². The average Bonchev–Trinajstić information content (AvgIpc) is 2.17. The van der Waals surface area contributed by atoms with Gasteiger partial charge in [-0.1, -0.05) is 0 Å². The number of hydrogen-bond acceptors (Lipinski definition) is 3. The van der Waals surface area contributed by atoms with Crippen molar-refractivity contribution in [3.05, 3.63) is 29.3 Å². The van der Waals surface area contributed by atoms with Crippen molar-refractivity contribution in [1.82, 2.24) is 0 Å². The van der Waals surface area contributed by atoms with Crippen LogP contribution >= 0.6 is 0 Å². The molecular formula is C11H14N2OS. The van der Waals surface area contributed by atoms with Gasteiger partial charge in [-0.3, -0.25) is 4.21 Å². The van der Waals surface area contributed by atoms with Crippen LogP contribution in [0.1, 0.15) is 11.1 Å². The number of rotatable bonds is 4. The van der Waals surface area contributed by atoms with E-state index in [1.54, 1.807) is 12.3 Å². The molecule has 1 N–H and O–H groups in total. The minimum atomic E-state index is -0.765. The van der Waals surface area contributed by atoms with Crippen LogP contribution < -0.4 is 5.32 Å². The first kappa shape index (κ1) is 11.7. The molecule has 0 amide bonds. The number of anilines is 1. The van der Waals surface area contributed by atoms with Crippen LogP contribution in [0.5, 0.6) is 0 Å². The molecule has 15 heavy (non-hydrogen) atoms. The van der Waals surface area contributed by atoms with Gasteiger partial charge in [0.2, 0.25) is 0 Å². The number of nitriles is 1. The fourth-order valence-electron chi connectivity index (χ4n) is 1.24. The summed E-state index contributed by atoms with van der Waals surface area (Å²) in [5.74, 6) is 0.638. The second kappa shape index (κ2) is 5.52. The molecule has 0 saturated carbocycles. The molecule has 0 bridgehead atoms. The van der Waals surface area contributed by atoms with Gasteiger partial charge in [0, 0.05) is 35.0 Å².